The second-order valence-corrected chi connectivity index (χ2v) is 5.83. The van der Waals surface area contributed by atoms with Gasteiger partial charge in [0.25, 0.3) is 0 Å². The molecule has 1 aromatic carbocycles. The summed E-state index contributed by atoms with van der Waals surface area (Å²) < 4.78 is 0. The number of hydrogen-bond acceptors (Lipinski definition) is 1. The third-order valence-corrected chi connectivity index (χ3v) is 4.82. The largest absolute Gasteiger partial charge is 0.388 e. The molecule has 2 aliphatic rings. The number of benzene rings is 1. The minimum Gasteiger partial charge on any atom is -0.388 e. The van der Waals surface area contributed by atoms with Crippen LogP contribution >= 0.6 is 15.9 Å². The number of halogens is 1. The average molecular weight is 293 g/mol. The zero-order chi connectivity index (χ0) is 11.9. The van der Waals surface area contributed by atoms with Crippen LogP contribution in [0.2, 0.25) is 0 Å². The molecule has 1 aromatic rings. The second kappa shape index (κ2) is 4.25. The molecule has 1 unspecified atom stereocenters. The first-order valence-corrected chi connectivity index (χ1v) is 7.46. The highest BCUT2D eigenvalue weighted by Crippen LogP contribution is 2.51. The molecule has 0 radical (unpaired) electrons. The first-order valence-electron chi connectivity index (χ1n) is 6.33. The van der Waals surface area contributed by atoms with Crippen LogP contribution in [0, 0.1) is 0 Å². The number of rotatable bonds is 2. The molecule has 1 nitrogen and oxygen atoms in total. The maximum atomic E-state index is 10.1. The number of allylic oxidation sites excluding steroid dienone is 1. The molecule has 1 spiro atoms. The van der Waals surface area contributed by atoms with Gasteiger partial charge in [-0.15, -0.1) is 0 Å². The molecule has 1 saturated carbocycles. The van der Waals surface area contributed by atoms with Crippen LogP contribution in [0.5, 0.6) is 0 Å². The lowest BCUT2D eigenvalue weighted by Crippen LogP contribution is -2.16. The van der Waals surface area contributed by atoms with Crippen LogP contribution < -0.4 is 0 Å². The molecule has 17 heavy (non-hydrogen) atoms. The van der Waals surface area contributed by atoms with Crippen LogP contribution in [0.4, 0.5) is 0 Å². The van der Waals surface area contributed by atoms with Crippen molar-refractivity contribution in [2.75, 3.05) is 5.33 Å². The first kappa shape index (κ1) is 11.5. The number of aliphatic hydroxyl groups is 1. The van der Waals surface area contributed by atoms with E-state index in [0.717, 1.165) is 5.57 Å². The summed E-state index contributed by atoms with van der Waals surface area (Å²) in [5.41, 5.74) is 4.06. The van der Waals surface area contributed by atoms with Crippen LogP contribution in [-0.4, -0.2) is 16.5 Å². The number of hydrogen-bond donors (Lipinski definition) is 1. The maximum Gasteiger partial charge on any atom is 0.0889 e. The van der Waals surface area contributed by atoms with E-state index in [-0.39, 0.29) is 11.5 Å². The highest BCUT2D eigenvalue weighted by molar-refractivity contribution is 9.09. The molecule has 2 aliphatic carbocycles. The Balaban J connectivity index is 2.12. The smallest absolute Gasteiger partial charge is 0.0889 e. The SMILES string of the molecule is OC(CBr)C1=CC2(CCCC2)c2ccccc21. The summed E-state index contributed by atoms with van der Waals surface area (Å²) >= 11 is 3.38. The predicted molar refractivity (Wildman–Crippen MR) is 74.4 cm³/mol. The Bertz CT molecular complexity index is 458. The van der Waals surface area contributed by atoms with Crippen molar-refractivity contribution in [3.05, 3.63) is 41.5 Å². The van der Waals surface area contributed by atoms with Crippen LogP contribution in [0.1, 0.15) is 36.8 Å². The topological polar surface area (TPSA) is 20.2 Å². The van der Waals surface area contributed by atoms with Crippen molar-refractivity contribution in [2.45, 2.75) is 37.2 Å². The predicted octanol–water partition coefficient (Wildman–Crippen LogP) is 3.65. The summed E-state index contributed by atoms with van der Waals surface area (Å²) in [4.78, 5) is 0. The van der Waals surface area contributed by atoms with Crippen molar-refractivity contribution >= 4 is 21.5 Å². The van der Waals surface area contributed by atoms with E-state index in [0.29, 0.717) is 5.33 Å². The lowest BCUT2D eigenvalue weighted by Gasteiger charge is -2.22. The van der Waals surface area contributed by atoms with Gasteiger partial charge in [0.1, 0.15) is 0 Å². The maximum absolute atomic E-state index is 10.1. The standard InChI is InChI=1S/C15H17BrO/c16-10-14(17)12-9-15(7-3-4-8-15)13-6-2-1-5-11(12)13/h1-2,5-6,9,14,17H,3-4,7-8,10H2. The van der Waals surface area contributed by atoms with Crippen molar-refractivity contribution in [1.29, 1.82) is 0 Å². The molecule has 0 bridgehead atoms. The van der Waals surface area contributed by atoms with Gasteiger partial charge in [-0.2, -0.15) is 0 Å². The molecule has 1 atom stereocenters. The molecule has 90 valence electrons. The van der Waals surface area contributed by atoms with E-state index >= 15 is 0 Å². The zero-order valence-electron chi connectivity index (χ0n) is 9.82. The fourth-order valence-corrected chi connectivity index (χ4v) is 3.75. The fraction of sp³-hybridized carbons (Fsp3) is 0.467. The Hall–Kier alpha value is -0.600. The Labute approximate surface area is 111 Å². The van der Waals surface area contributed by atoms with Crippen LogP contribution in [0.25, 0.3) is 5.57 Å². The van der Waals surface area contributed by atoms with E-state index in [1.165, 1.54) is 36.8 Å². The van der Waals surface area contributed by atoms with E-state index in [2.05, 4.69) is 46.3 Å². The van der Waals surface area contributed by atoms with E-state index in [1.807, 2.05) is 0 Å². The molecule has 1 N–H and O–H groups in total. The van der Waals surface area contributed by atoms with Crippen molar-refractivity contribution in [3.63, 3.8) is 0 Å². The van der Waals surface area contributed by atoms with Gasteiger partial charge in [0.05, 0.1) is 6.10 Å². The van der Waals surface area contributed by atoms with Crippen LogP contribution in [-0.2, 0) is 5.41 Å². The molecule has 0 saturated heterocycles. The summed E-state index contributed by atoms with van der Waals surface area (Å²) in [7, 11) is 0. The summed E-state index contributed by atoms with van der Waals surface area (Å²) in [6.07, 6.45) is 7.06. The van der Waals surface area contributed by atoms with Crippen LogP contribution in [0.15, 0.2) is 30.3 Å². The van der Waals surface area contributed by atoms with Gasteiger partial charge in [0, 0.05) is 10.7 Å². The Kier molecular flexibility index (Phi) is 2.87. The first-order chi connectivity index (χ1) is 8.27. The summed E-state index contributed by atoms with van der Waals surface area (Å²) in [5, 5.41) is 10.7. The highest BCUT2D eigenvalue weighted by atomic mass is 79.9. The molecule has 0 aliphatic heterocycles. The third kappa shape index (κ3) is 1.69. The zero-order valence-corrected chi connectivity index (χ0v) is 11.4. The normalized spacial score (nSPS) is 22.6. The highest BCUT2D eigenvalue weighted by Gasteiger charge is 2.41. The van der Waals surface area contributed by atoms with Gasteiger partial charge in [0.2, 0.25) is 0 Å². The van der Waals surface area contributed by atoms with E-state index < -0.39 is 0 Å². The van der Waals surface area contributed by atoms with Gasteiger partial charge < -0.3 is 5.11 Å². The minimum atomic E-state index is -0.379. The number of alkyl halides is 1. The van der Waals surface area contributed by atoms with E-state index in [4.69, 9.17) is 0 Å². The monoisotopic (exact) mass is 292 g/mol. The van der Waals surface area contributed by atoms with E-state index in [9.17, 15) is 5.11 Å². The average Bonchev–Trinajstić information content (AvgIpc) is 2.97. The fourth-order valence-electron chi connectivity index (χ4n) is 3.40. The Morgan fingerprint density at radius 2 is 1.94 bits per heavy atom. The van der Waals surface area contributed by atoms with E-state index in [1.54, 1.807) is 0 Å². The van der Waals surface area contributed by atoms with Gasteiger partial charge in [-0.05, 0) is 29.5 Å². The summed E-state index contributed by atoms with van der Waals surface area (Å²) in [5.74, 6) is 0. The van der Waals surface area contributed by atoms with Gasteiger partial charge in [-0.3, -0.25) is 0 Å². The molecule has 2 heteroatoms. The molecular weight excluding hydrogens is 276 g/mol. The lowest BCUT2D eigenvalue weighted by atomic mass is 9.81. The molecule has 0 amide bonds. The summed E-state index contributed by atoms with van der Waals surface area (Å²) in [6.45, 7) is 0. The van der Waals surface area contributed by atoms with Gasteiger partial charge in [0.15, 0.2) is 0 Å². The van der Waals surface area contributed by atoms with Gasteiger partial charge in [-0.25, -0.2) is 0 Å². The quantitative estimate of drug-likeness (QED) is 0.825. The van der Waals surface area contributed by atoms with Crippen molar-refractivity contribution in [1.82, 2.24) is 0 Å². The molecule has 3 rings (SSSR count). The third-order valence-electron chi connectivity index (χ3n) is 4.21. The second-order valence-electron chi connectivity index (χ2n) is 5.18. The number of aliphatic hydroxyl groups excluding tert-OH is 1. The molecular formula is C15H17BrO. The van der Waals surface area contributed by atoms with Crippen molar-refractivity contribution in [3.8, 4) is 0 Å². The van der Waals surface area contributed by atoms with Gasteiger partial charge in [-0.1, -0.05) is 59.1 Å². The Morgan fingerprint density at radius 3 is 2.65 bits per heavy atom. The Morgan fingerprint density at radius 1 is 1.24 bits per heavy atom. The van der Waals surface area contributed by atoms with Crippen LogP contribution in [0.3, 0.4) is 0 Å². The van der Waals surface area contributed by atoms with Crippen molar-refractivity contribution in [2.24, 2.45) is 0 Å². The molecule has 0 aromatic heterocycles. The number of fused-ring (bicyclic) bond motifs is 2. The lowest BCUT2D eigenvalue weighted by molar-refractivity contribution is 0.259. The van der Waals surface area contributed by atoms with Gasteiger partial charge >= 0.3 is 0 Å². The summed E-state index contributed by atoms with van der Waals surface area (Å²) in [6, 6.07) is 8.59. The van der Waals surface area contributed by atoms with Crippen molar-refractivity contribution < 1.29 is 5.11 Å². The molecule has 1 fully saturated rings. The minimum absolute atomic E-state index is 0.231. The molecule has 0 heterocycles.